The lowest BCUT2D eigenvalue weighted by atomic mass is 10.2. The van der Waals surface area contributed by atoms with Crippen molar-refractivity contribution in [3.8, 4) is 0 Å². The largest absolute Gasteiger partial charge is 0.734 e. The van der Waals surface area contributed by atoms with E-state index in [0.29, 0.717) is 0 Å². The molecule has 3 heteroatoms. The van der Waals surface area contributed by atoms with E-state index in [9.17, 15) is 5.21 Å². The zero-order valence-electron chi connectivity index (χ0n) is 6.77. The third kappa shape index (κ3) is 2.38. The van der Waals surface area contributed by atoms with Crippen LogP contribution in [-0.4, -0.2) is 10.4 Å². The van der Waals surface area contributed by atoms with Crippen LogP contribution in [0.1, 0.15) is 12.5 Å². The van der Waals surface area contributed by atoms with Gasteiger partial charge < -0.3 is 10.4 Å². The highest BCUT2D eigenvalue weighted by Crippen LogP contribution is 2.07. The average Bonchev–Trinajstić information content (AvgIpc) is 2.06. The van der Waals surface area contributed by atoms with Crippen LogP contribution >= 0.6 is 0 Å². The zero-order chi connectivity index (χ0) is 8.97. The monoisotopic (exact) mass is 164 g/mol. The maximum absolute atomic E-state index is 10.4. The predicted molar refractivity (Wildman–Crippen MR) is 47.1 cm³/mol. The smallest absolute Gasteiger partial charge is 0.0257 e. The summed E-state index contributed by atoms with van der Waals surface area (Å²) in [4.78, 5) is 0. The van der Waals surface area contributed by atoms with E-state index in [1.807, 2.05) is 30.3 Å². The molecule has 0 fully saturated rings. The van der Waals surface area contributed by atoms with Crippen LogP contribution in [-0.2, 0) is 0 Å². The molecule has 1 aromatic rings. The van der Waals surface area contributed by atoms with Gasteiger partial charge in [-0.1, -0.05) is 30.3 Å². The minimum atomic E-state index is -0.146. The second-order valence-electron chi connectivity index (χ2n) is 2.47. The Labute approximate surface area is 71.1 Å². The molecule has 0 aliphatic heterocycles. The predicted octanol–water partition coefficient (Wildman–Crippen LogP) is 2.24. The van der Waals surface area contributed by atoms with E-state index in [-0.39, 0.29) is 10.9 Å². The summed E-state index contributed by atoms with van der Waals surface area (Å²) in [5.41, 5.74) is 1.16. The van der Waals surface area contributed by atoms with Gasteiger partial charge in [0.2, 0.25) is 0 Å². The maximum atomic E-state index is 10.4. The molecule has 0 radical (unpaired) electrons. The minimum absolute atomic E-state index is 0.146. The lowest BCUT2D eigenvalue weighted by Gasteiger charge is -2.21. The molecule has 0 aliphatic rings. The second kappa shape index (κ2) is 3.90. The Kier molecular flexibility index (Phi) is 2.85. The molecular weight excluding hydrogens is 154 g/mol. The van der Waals surface area contributed by atoms with Crippen molar-refractivity contribution < 1.29 is 5.21 Å². The summed E-state index contributed by atoms with van der Waals surface area (Å²) in [5, 5.41) is 18.7. The number of hydrogen-bond acceptors (Lipinski definition) is 3. The molecule has 0 atom stereocenters. The molecule has 12 heavy (non-hydrogen) atoms. The van der Waals surface area contributed by atoms with Gasteiger partial charge in [0.25, 0.3) is 0 Å². The fraction of sp³-hybridized carbons (Fsp3) is 0.111. The molecule has 0 saturated heterocycles. The van der Waals surface area contributed by atoms with E-state index < -0.39 is 0 Å². The first-order chi connectivity index (χ1) is 5.70. The van der Waals surface area contributed by atoms with Gasteiger partial charge in [-0.05, 0) is 18.6 Å². The van der Waals surface area contributed by atoms with Gasteiger partial charge in [-0.15, -0.1) is 0 Å². The van der Waals surface area contributed by atoms with Crippen molar-refractivity contribution in [1.82, 2.24) is 5.23 Å². The van der Waals surface area contributed by atoms with Gasteiger partial charge in [0, 0.05) is 5.70 Å². The average molecular weight is 164 g/mol. The number of nitrogens with zero attached hydrogens (tertiary/aromatic N) is 1. The molecule has 1 aromatic carbocycles. The van der Waals surface area contributed by atoms with Gasteiger partial charge in [-0.3, -0.25) is 5.21 Å². The van der Waals surface area contributed by atoms with E-state index in [1.54, 1.807) is 13.0 Å². The van der Waals surface area contributed by atoms with E-state index >= 15 is 0 Å². The van der Waals surface area contributed by atoms with Gasteiger partial charge >= 0.3 is 0 Å². The van der Waals surface area contributed by atoms with Crippen molar-refractivity contribution >= 4 is 6.08 Å². The van der Waals surface area contributed by atoms with Crippen LogP contribution < -0.4 is 0 Å². The van der Waals surface area contributed by atoms with Crippen molar-refractivity contribution in [3.63, 3.8) is 0 Å². The third-order valence-corrected chi connectivity index (χ3v) is 1.48. The lowest BCUT2D eigenvalue weighted by Crippen LogP contribution is -2.05. The summed E-state index contributed by atoms with van der Waals surface area (Å²) in [6, 6.07) is 9.33. The normalized spacial score (nSPS) is 11.4. The number of hydroxylamine groups is 2. The molecule has 1 N–H and O–H groups in total. The van der Waals surface area contributed by atoms with Crippen molar-refractivity contribution in [2.75, 3.05) is 0 Å². The van der Waals surface area contributed by atoms with Gasteiger partial charge in [0.1, 0.15) is 0 Å². The topological polar surface area (TPSA) is 46.5 Å². The number of hydrogen-bond donors (Lipinski definition) is 1. The van der Waals surface area contributed by atoms with Crippen molar-refractivity contribution in [2.45, 2.75) is 6.92 Å². The Morgan fingerprint density at radius 2 is 2.00 bits per heavy atom. The molecule has 0 aliphatic carbocycles. The molecular formula is C9H10NO2-. The third-order valence-electron chi connectivity index (χ3n) is 1.48. The Bertz CT molecular complexity index is 267. The Balaban J connectivity index is 2.81. The number of allylic oxidation sites excluding steroid dienone is 1. The van der Waals surface area contributed by atoms with Crippen LogP contribution in [0.2, 0.25) is 0 Å². The van der Waals surface area contributed by atoms with Gasteiger partial charge in [0.15, 0.2) is 0 Å². The Morgan fingerprint density at radius 1 is 1.42 bits per heavy atom. The van der Waals surface area contributed by atoms with Crippen molar-refractivity contribution in [1.29, 1.82) is 0 Å². The molecule has 0 bridgehead atoms. The maximum Gasteiger partial charge on any atom is 0.0257 e. The van der Waals surface area contributed by atoms with E-state index in [0.717, 1.165) is 5.56 Å². The summed E-state index contributed by atoms with van der Waals surface area (Å²) in [6.07, 6.45) is 1.60. The first-order valence-corrected chi connectivity index (χ1v) is 3.59. The molecule has 0 aromatic heterocycles. The second-order valence-corrected chi connectivity index (χ2v) is 2.47. The standard InChI is InChI=1S/C9H10NO2/c1-8(10(11)12)7-9-5-3-2-4-6-9/h2-7,11H,1H3/q-1. The van der Waals surface area contributed by atoms with Crippen LogP contribution in [0, 0.1) is 5.21 Å². The minimum Gasteiger partial charge on any atom is -0.734 e. The van der Waals surface area contributed by atoms with Crippen LogP contribution in [0.3, 0.4) is 0 Å². The Morgan fingerprint density at radius 3 is 2.50 bits per heavy atom. The summed E-state index contributed by atoms with van der Waals surface area (Å²) in [5.74, 6) is 0. The first-order valence-electron chi connectivity index (χ1n) is 3.59. The molecule has 0 spiro atoms. The molecule has 0 heterocycles. The van der Waals surface area contributed by atoms with Crippen LogP contribution in [0.4, 0.5) is 0 Å². The molecule has 3 nitrogen and oxygen atoms in total. The fourth-order valence-electron chi connectivity index (χ4n) is 0.846. The van der Waals surface area contributed by atoms with Crippen LogP contribution in [0.15, 0.2) is 36.0 Å². The van der Waals surface area contributed by atoms with E-state index in [1.165, 1.54) is 0 Å². The molecule has 1 rings (SSSR count). The lowest BCUT2D eigenvalue weighted by molar-refractivity contribution is -0.00186. The van der Waals surface area contributed by atoms with E-state index in [4.69, 9.17) is 5.21 Å². The molecule has 0 unspecified atom stereocenters. The van der Waals surface area contributed by atoms with E-state index in [2.05, 4.69) is 0 Å². The van der Waals surface area contributed by atoms with Gasteiger partial charge in [-0.25, -0.2) is 0 Å². The molecule has 0 amide bonds. The van der Waals surface area contributed by atoms with Gasteiger partial charge in [0.05, 0.1) is 0 Å². The SMILES string of the molecule is CC(=Cc1ccccc1)N([O-])O. The fourth-order valence-corrected chi connectivity index (χ4v) is 0.846. The summed E-state index contributed by atoms with van der Waals surface area (Å²) in [7, 11) is 0. The highest BCUT2D eigenvalue weighted by molar-refractivity contribution is 5.51. The van der Waals surface area contributed by atoms with Crippen LogP contribution in [0.25, 0.3) is 6.08 Å². The highest BCUT2D eigenvalue weighted by Gasteiger charge is 1.88. The first kappa shape index (κ1) is 8.77. The quantitative estimate of drug-likeness (QED) is 0.682. The summed E-state index contributed by atoms with van der Waals surface area (Å²) >= 11 is 0. The molecule has 64 valence electrons. The van der Waals surface area contributed by atoms with Crippen molar-refractivity contribution in [3.05, 3.63) is 46.8 Å². The zero-order valence-corrected chi connectivity index (χ0v) is 6.77. The summed E-state index contributed by atoms with van der Waals surface area (Å²) in [6.45, 7) is 1.54. The number of benzene rings is 1. The van der Waals surface area contributed by atoms with Crippen molar-refractivity contribution in [2.24, 2.45) is 0 Å². The van der Waals surface area contributed by atoms with Gasteiger partial charge in [-0.2, -0.15) is 0 Å². The van der Waals surface area contributed by atoms with Crippen LogP contribution in [0.5, 0.6) is 0 Å². The molecule has 0 saturated carbocycles. The highest BCUT2D eigenvalue weighted by atomic mass is 16.8. The summed E-state index contributed by atoms with van der Waals surface area (Å²) < 4.78 is 0. The number of rotatable bonds is 2. The Hall–Kier alpha value is -1.32.